The summed E-state index contributed by atoms with van der Waals surface area (Å²) < 4.78 is 0. The fraction of sp³-hybridized carbons (Fsp3) is 0.130. The number of rotatable bonds is 6. The third-order valence-electron chi connectivity index (χ3n) is 4.21. The predicted octanol–water partition coefficient (Wildman–Crippen LogP) is 4.75. The molecule has 0 saturated heterocycles. The fourth-order valence-corrected chi connectivity index (χ4v) is 2.85. The number of nitrogens with one attached hydrogen (secondary N) is 3. The van der Waals surface area contributed by atoms with E-state index in [0.717, 1.165) is 22.5 Å². The van der Waals surface area contributed by atoms with Crippen LogP contribution in [0.5, 0.6) is 0 Å². The first kappa shape index (κ1) is 19.2. The van der Waals surface area contributed by atoms with E-state index in [1.165, 1.54) is 6.92 Å². The maximum absolute atomic E-state index is 13.0. The number of carbonyl (C=O) groups excluding carboxylic acids is 2. The molecular weight excluding hydrogens is 350 g/mol. The summed E-state index contributed by atoms with van der Waals surface area (Å²) in [5.74, 6) is -0.311. The number of benzene rings is 3. The second-order valence-electron chi connectivity index (χ2n) is 6.61. The summed E-state index contributed by atoms with van der Waals surface area (Å²) in [5.41, 5.74) is 4.12. The Morgan fingerprint density at radius 1 is 0.750 bits per heavy atom. The normalized spacial score (nSPS) is 11.4. The molecule has 2 amide bonds. The van der Waals surface area contributed by atoms with Crippen LogP contribution in [0.15, 0.2) is 78.9 Å². The van der Waals surface area contributed by atoms with E-state index in [-0.39, 0.29) is 11.8 Å². The van der Waals surface area contributed by atoms with E-state index in [0.29, 0.717) is 5.69 Å². The Balaban J connectivity index is 1.84. The summed E-state index contributed by atoms with van der Waals surface area (Å²) in [6.45, 7) is 3.46. The Labute approximate surface area is 164 Å². The van der Waals surface area contributed by atoms with E-state index in [9.17, 15) is 9.59 Å². The van der Waals surface area contributed by atoms with Gasteiger partial charge >= 0.3 is 0 Å². The summed E-state index contributed by atoms with van der Waals surface area (Å²) in [4.78, 5) is 24.3. The molecule has 5 heteroatoms. The minimum atomic E-state index is -0.588. The molecule has 0 saturated carbocycles. The molecule has 3 aromatic carbocycles. The lowest BCUT2D eigenvalue weighted by Crippen LogP contribution is -2.27. The number of carbonyl (C=O) groups is 2. The number of aryl methyl sites for hydroxylation is 1. The molecule has 0 aliphatic carbocycles. The van der Waals surface area contributed by atoms with Gasteiger partial charge in [0.1, 0.15) is 6.04 Å². The monoisotopic (exact) mass is 373 g/mol. The lowest BCUT2D eigenvalue weighted by Gasteiger charge is -2.20. The van der Waals surface area contributed by atoms with Crippen LogP contribution in [0.1, 0.15) is 24.1 Å². The van der Waals surface area contributed by atoms with Gasteiger partial charge in [0.15, 0.2) is 0 Å². The van der Waals surface area contributed by atoms with E-state index in [4.69, 9.17) is 0 Å². The average molecular weight is 373 g/mol. The van der Waals surface area contributed by atoms with Crippen LogP contribution in [0.2, 0.25) is 0 Å². The average Bonchev–Trinajstić information content (AvgIpc) is 2.68. The van der Waals surface area contributed by atoms with E-state index >= 15 is 0 Å². The van der Waals surface area contributed by atoms with Gasteiger partial charge in [-0.1, -0.05) is 54.1 Å². The van der Waals surface area contributed by atoms with Gasteiger partial charge in [0.05, 0.1) is 0 Å². The van der Waals surface area contributed by atoms with Crippen molar-refractivity contribution in [3.05, 3.63) is 90.0 Å². The minimum Gasteiger partial charge on any atom is -0.370 e. The third-order valence-corrected chi connectivity index (χ3v) is 4.21. The molecule has 0 aliphatic heterocycles. The highest BCUT2D eigenvalue weighted by Gasteiger charge is 2.20. The molecule has 0 heterocycles. The third kappa shape index (κ3) is 5.20. The van der Waals surface area contributed by atoms with E-state index in [2.05, 4.69) is 16.0 Å². The summed E-state index contributed by atoms with van der Waals surface area (Å²) in [7, 11) is 0. The number of hydrogen-bond acceptors (Lipinski definition) is 3. The summed E-state index contributed by atoms with van der Waals surface area (Å²) >= 11 is 0. The molecular formula is C23H23N3O2. The topological polar surface area (TPSA) is 70.2 Å². The summed E-state index contributed by atoms with van der Waals surface area (Å²) in [5, 5.41) is 8.99. The van der Waals surface area contributed by atoms with Crippen LogP contribution in [0.3, 0.4) is 0 Å². The molecule has 0 bridgehead atoms. The van der Waals surface area contributed by atoms with Crippen molar-refractivity contribution >= 4 is 28.9 Å². The Bertz CT molecular complexity index is 953. The van der Waals surface area contributed by atoms with Crippen LogP contribution in [0, 0.1) is 6.92 Å². The predicted molar refractivity (Wildman–Crippen MR) is 113 cm³/mol. The summed E-state index contributed by atoms with van der Waals surface area (Å²) in [6, 6.07) is 23.9. The molecule has 0 radical (unpaired) electrons. The van der Waals surface area contributed by atoms with Gasteiger partial charge < -0.3 is 16.0 Å². The zero-order chi connectivity index (χ0) is 19.9. The van der Waals surface area contributed by atoms with Crippen LogP contribution in [0.25, 0.3) is 0 Å². The van der Waals surface area contributed by atoms with Crippen LogP contribution in [-0.2, 0) is 9.59 Å². The number of amides is 2. The highest BCUT2D eigenvalue weighted by molar-refractivity contribution is 5.97. The molecule has 1 unspecified atom stereocenters. The maximum Gasteiger partial charge on any atom is 0.251 e. The van der Waals surface area contributed by atoms with Crippen LogP contribution in [-0.4, -0.2) is 11.8 Å². The first-order chi connectivity index (χ1) is 13.5. The van der Waals surface area contributed by atoms with Crippen molar-refractivity contribution in [2.75, 3.05) is 16.0 Å². The fourth-order valence-electron chi connectivity index (χ4n) is 2.85. The number of anilines is 3. The van der Waals surface area contributed by atoms with Crippen molar-refractivity contribution in [2.24, 2.45) is 0 Å². The summed E-state index contributed by atoms with van der Waals surface area (Å²) in [6.07, 6.45) is 0. The van der Waals surface area contributed by atoms with E-state index in [1.54, 1.807) is 12.1 Å². The minimum absolute atomic E-state index is 0.145. The zero-order valence-electron chi connectivity index (χ0n) is 15.9. The highest BCUT2D eigenvalue weighted by Crippen LogP contribution is 2.24. The van der Waals surface area contributed by atoms with Crippen LogP contribution < -0.4 is 16.0 Å². The van der Waals surface area contributed by atoms with Gasteiger partial charge in [-0.2, -0.15) is 0 Å². The second-order valence-corrected chi connectivity index (χ2v) is 6.61. The lowest BCUT2D eigenvalue weighted by atomic mass is 10.1. The highest BCUT2D eigenvalue weighted by atomic mass is 16.2. The van der Waals surface area contributed by atoms with Crippen molar-refractivity contribution in [1.82, 2.24) is 0 Å². The molecule has 0 aromatic heterocycles. The first-order valence-corrected chi connectivity index (χ1v) is 9.08. The number of hydrogen-bond donors (Lipinski definition) is 3. The van der Waals surface area contributed by atoms with Gasteiger partial charge in [-0.25, -0.2) is 0 Å². The molecule has 142 valence electrons. The molecule has 0 spiro atoms. The van der Waals surface area contributed by atoms with E-state index < -0.39 is 6.04 Å². The largest absolute Gasteiger partial charge is 0.370 e. The Kier molecular flexibility index (Phi) is 6.07. The lowest BCUT2D eigenvalue weighted by molar-refractivity contribution is -0.117. The standard InChI is InChI=1S/C23H23N3O2/c1-16-11-13-19(14-12-16)26-23(28)22(18-7-4-3-5-8-18)25-21-10-6-9-20(15-21)24-17(2)27/h3-15,22,25H,1-2H3,(H,24,27)(H,26,28). The Hall–Kier alpha value is -3.60. The van der Waals surface area contributed by atoms with Gasteiger partial charge in [0.25, 0.3) is 5.91 Å². The molecule has 3 N–H and O–H groups in total. The molecule has 3 rings (SSSR count). The first-order valence-electron chi connectivity index (χ1n) is 9.08. The van der Waals surface area contributed by atoms with Gasteiger partial charge in [-0.05, 0) is 42.8 Å². The molecule has 0 aliphatic rings. The molecule has 0 fully saturated rings. The maximum atomic E-state index is 13.0. The van der Waals surface area contributed by atoms with Crippen molar-refractivity contribution in [3.8, 4) is 0 Å². The van der Waals surface area contributed by atoms with Crippen molar-refractivity contribution < 1.29 is 9.59 Å². The van der Waals surface area contributed by atoms with Gasteiger partial charge in [-0.3, -0.25) is 9.59 Å². The van der Waals surface area contributed by atoms with Gasteiger partial charge in [0.2, 0.25) is 5.91 Å². The van der Waals surface area contributed by atoms with E-state index in [1.807, 2.05) is 73.7 Å². The molecule has 5 nitrogen and oxygen atoms in total. The Morgan fingerprint density at radius 3 is 2.11 bits per heavy atom. The quantitative estimate of drug-likeness (QED) is 0.584. The van der Waals surface area contributed by atoms with Crippen LogP contribution >= 0.6 is 0 Å². The smallest absolute Gasteiger partial charge is 0.251 e. The van der Waals surface area contributed by atoms with Crippen molar-refractivity contribution in [3.63, 3.8) is 0 Å². The second kappa shape index (κ2) is 8.86. The van der Waals surface area contributed by atoms with Gasteiger partial charge in [0, 0.05) is 24.0 Å². The van der Waals surface area contributed by atoms with Crippen molar-refractivity contribution in [1.29, 1.82) is 0 Å². The van der Waals surface area contributed by atoms with Crippen molar-refractivity contribution in [2.45, 2.75) is 19.9 Å². The molecule has 28 heavy (non-hydrogen) atoms. The van der Waals surface area contributed by atoms with Gasteiger partial charge in [-0.15, -0.1) is 0 Å². The molecule has 1 atom stereocenters. The zero-order valence-corrected chi connectivity index (χ0v) is 15.9. The SMILES string of the molecule is CC(=O)Nc1cccc(NC(C(=O)Nc2ccc(C)cc2)c2ccccc2)c1. The molecule has 3 aromatic rings. The van der Waals surface area contributed by atoms with Crippen LogP contribution in [0.4, 0.5) is 17.1 Å². The Morgan fingerprint density at radius 2 is 1.43 bits per heavy atom.